The summed E-state index contributed by atoms with van der Waals surface area (Å²) in [7, 11) is 0. The van der Waals surface area contributed by atoms with Crippen LogP contribution in [0.5, 0.6) is 0 Å². The Morgan fingerprint density at radius 3 is 3.00 bits per heavy atom. The zero-order valence-electron chi connectivity index (χ0n) is 6.88. The van der Waals surface area contributed by atoms with E-state index >= 15 is 0 Å². The third-order valence-corrected chi connectivity index (χ3v) is 1.57. The SMILES string of the molecule is CCOC(=O)c1cc(F)c(Cl)cn1. The summed E-state index contributed by atoms with van der Waals surface area (Å²) in [6.45, 7) is 1.88. The second-order valence-electron chi connectivity index (χ2n) is 2.20. The van der Waals surface area contributed by atoms with Crippen molar-refractivity contribution in [2.75, 3.05) is 6.61 Å². The van der Waals surface area contributed by atoms with Gasteiger partial charge in [-0.2, -0.15) is 0 Å². The van der Waals surface area contributed by atoms with E-state index in [1.807, 2.05) is 0 Å². The second kappa shape index (κ2) is 4.18. The Morgan fingerprint density at radius 2 is 2.46 bits per heavy atom. The van der Waals surface area contributed by atoms with Gasteiger partial charge < -0.3 is 4.74 Å². The van der Waals surface area contributed by atoms with E-state index in [4.69, 9.17) is 11.6 Å². The Morgan fingerprint density at radius 1 is 1.77 bits per heavy atom. The first-order valence-electron chi connectivity index (χ1n) is 3.63. The van der Waals surface area contributed by atoms with Crippen LogP contribution < -0.4 is 0 Å². The highest BCUT2D eigenvalue weighted by molar-refractivity contribution is 6.30. The van der Waals surface area contributed by atoms with E-state index in [1.54, 1.807) is 6.92 Å². The monoisotopic (exact) mass is 203 g/mol. The molecule has 5 heteroatoms. The maximum absolute atomic E-state index is 12.8. The minimum Gasteiger partial charge on any atom is -0.461 e. The van der Waals surface area contributed by atoms with Gasteiger partial charge in [0.05, 0.1) is 11.6 Å². The number of hydrogen-bond acceptors (Lipinski definition) is 3. The van der Waals surface area contributed by atoms with Crippen LogP contribution in [-0.4, -0.2) is 17.6 Å². The zero-order chi connectivity index (χ0) is 9.84. The Labute approximate surface area is 79.5 Å². The molecule has 0 saturated carbocycles. The molecule has 0 aliphatic carbocycles. The highest BCUT2D eigenvalue weighted by Crippen LogP contribution is 2.13. The van der Waals surface area contributed by atoms with Crippen molar-refractivity contribution in [2.45, 2.75) is 6.92 Å². The lowest BCUT2D eigenvalue weighted by Crippen LogP contribution is -2.07. The van der Waals surface area contributed by atoms with Crippen LogP contribution in [-0.2, 0) is 4.74 Å². The number of ether oxygens (including phenoxy) is 1. The normalized spacial score (nSPS) is 9.77. The molecule has 0 bridgehead atoms. The third-order valence-electron chi connectivity index (χ3n) is 1.29. The molecule has 0 unspecified atom stereocenters. The number of rotatable bonds is 2. The summed E-state index contributed by atoms with van der Waals surface area (Å²) >= 11 is 5.37. The molecule has 13 heavy (non-hydrogen) atoms. The largest absolute Gasteiger partial charge is 0.461 e. The van der Waals surface area contributed by atoms with Crippen molar-refractivity contribution in [2.24, 2.45) is 0 Å². The van der Waals surface area contributed by atoms with E-state index in [0.717, 1.165) is 12.3 Å². The van der Waals surface area contributed by atoms with Gasteiger partial charge in [-0.15, -0.1) is 0 Å². The van der Waals surface area contributed by atoms with Crippen LogP contribution in [0.4, 0.5) is 4.39 Å². The molecule has 70 valence electrons. The van der Waals surface area contributed by atoms with Gasteiger partial charge in [-0.3, -0.25) is 0 Å². The molecule has 1 aromatic heterocycles. The van der Waals surface area contributed by atoms with Crippen LogP contribution in [0.1, 0.15) is 17.4 Å². The molecule has 0 aliphatic rings. The van der Waals surface area contributed by atoms with Gasteiger partial charge in [0.15, 0.2) is 5.69 Å². The van der Waals surface area contributed by atoms with Gasteiger partial charge in [-0.25, -0.2) is 14.2 Å². The molecule has 0 aromatic carbocycles. The van der Waals surface area contributed by atoms with E-state index in [2.05, 4.69) is 9.72 Å². The molecule has 0 atom stereocenters. The summed E-state index contributed by atoms with van der Waals surface area (Å²) in [6.07, 6.45) is 1.07. The predicted octanol–water partition coefficient (Wildman–Crippen LogP) is 2.05. The third kappa shape index (κ3) is 2.39. The molecule has 1 rings (SSSR count). The molecule has 0 saturated heterocycles. The molecule has 0 fully saturated rings. The molecule has 1 aromatic rings. The summed E-state index contributed by atoms with van der Waals surface area (Å²) in [4.78, 5) is 14.6. The topological polar surface area (TPSA) is 39.2 Å². The molecule has 1 heterocycles. The van der Waals surface area contributed by atoms with Crippen molar-refractivity contribution < 1.29 is 13.9 Å². The minimum absolute atomic E-state index is 0.0799. The van der Waals surface area contributed by atoms with Gasteiger partial charge in [0.1, 0.15) is 5.82 Å². The predicted molar refractivity (Wildman–Crippen MR) is 45.2 cm³/mol. The molecule has 0 radical (unpaired) electrons. The lowest BCUT2D eigenvalue weighted by Gasteiger charge is -2.00. The number of esters is 1. The maximum Gasteiger partial charge on any atom is 0.357 e. The van der Waals surface area contributed by atoms with Gasteiger partial charge in [0, 0.05) is 12.3 Å². The molecule has 0 aliphatic heterocycles. The van der Waals surface area contributed by atoms with Crippen LogP contribution in [0.3, 0.4) is 0 Å². The lowest BCUT2D eigenvalue weighted by atomic mass is 10.3. The van der Waals surface area contributed by atoms with E-state index in [1.165, 1.54) is 0 Å². The van der Waals surface area contributed by atoms with Crippen molar-refractivity contribution in [3.63, 3.8) is 0 Å². The van der Waals surface area contributed by atoms with Gasteiger partial charge in [-0.05, 0) is 6.92 Å². The summed E-state index contributed by atoms with van der Waals surface area (Å²) in [5.41, 5.74) is -0.0799. The van der Waals surface area contributed by atoms with Crippen LogP contribution in [0.15, 0.2) is 12.3 Å². The first kappa shape index (κ1) is 9.92. The summed E-state index contributed by atoms with van der Waals surface area (Å²) in [5, 5.41) is -0.118. The summed E-state index contributed by atoms with van der Waals surface area (Å²) in [6, 6.07) is 0.945. The van der Waals surface area contributed by atoms with Crippen molar-refractivity contribution >= 4 is 17.6 Å². The van der Waals surface area contributed by atoms with Crippen LogP contribution in [0, 0.1) is 5.82 Å². The number of carbonyl (C=O) groups excluding carboxylic acids is 1. The Kier molecular flexibility index (Phi) is 3.19. The number of halogens is 2. The molecule has 3 nitrogen and oxygen atoms in total. The quantitative estimate of drug-likeness (QED) is 0.691. The molecular weight excluding hydrogens is 197 g/mol. The van der Waals surface area contributed by atoms with E-state index in [9.17, 15) is 9.18 Å². The van der Waals surface area contributed by atoms with Crippen LogP contribution in [0.2, 0.25) is 5.02 Å². The fourth-order valence-corrected chi connectivity index (χ4v) is 0.834. The van der Waals surface area contributed by atoms with Crippen molar-refractivity contribution in [3.05, 3.63) is 28.8 Å². The van der Waals surface area contributed by atoms with Crippen molar-refractivity contribution in [1.82, 2.24) is 4.98 Å². The smallest absolute Gasteiger partial charge is 0.357 e. The van der Waals surface area contributed by atoms with Crippen molar-refractivity contribution in [1.29, 1.82) is 0 Å². The first-order chi connectivity index (χ1) is 6.15. The lowest BCUT2D eigenvalue weighted by molar-refractivity contribution is 0.0519. The van der Waals surface area contributed by atoms with Crippen LogP contribution in [0.25, 0.3) is 0 Å². The van der Waals surface area contributed by atoms with Gasteiger partial charge in [0.25, 0.3) is 0 Å². The summed E-state index contributed by atoms with van der Waals surface area (Å²) < 4.78 is 17.4. The Hall–Kier alpha value is -1.16. The summed E-state index contributed by atoms with van der Waals surface area (Å²) in [5.74, 6) is -1.34. The fourth-order valence-electron chi connectivity index (χ4n) is 0.731. The van der Waals surface area contributed by atoms with Crippen LogP contribution >= 0.6 is 11.6 Å². The van der Waals surface area contributed by atoms with Gasteiger partial charge >= 0.3 is 5.97 Å². The second-order valence-corrected chi connectivity index (χ2v) is 2.61. The number of carbonyl (C=O) groups is 1. The van der Waals surface area contributed by atoms with Crippen molar-refractivity contribution in [3.8, 4) is 0 Å². The minimum atomic E-state index is -0.681. The standard InChI is InChI=1S/C8H7ClFNO2/c1-2-13-8(12)7-3-6(10)5(9)4-11-7/h3-4H,2H2,1H3. The highest BCUT2D eigenvalue weighted by atomic mass is 35.5. The van der Waals surface area contributed by atoms with E-state index in [-0.39, 0.29) is 17.3 Å². The maximum atomic E-state index is 12.8. The average Bonchev–Trinajstić information content (AvgIpc) is 2.10. The molecule has 0 amide bonds. The molecule has 0 N–H and O–H groups in total. The van der Waals surface area contributed by atoms with Gasteiger partial charge in [0.2, 0.25) is 0 Å². The first-order valence-corrected chi connectivity index (χ1v) is 4.01. The number of pyridine rings is 1. The highest BCUT2D eigenvalue weighted by Gasteiger charge is 2.10. The Bertz CT molecular complexity index is 330. The Balaban J connectivity index is 2.90. The molecule has 0 spiro atoms. The number of nitrogens with zero attached hydrogens (tertiary/aromatic N) is 1. The fraction of sp³-hybridized carbons (Fsp3) is 0.250. The number of hydrogen-bond donors (Lipinski definition) is 0. The van der Waals surface area contributed by atoms with Gasteiger partial charge in [-0.1, -0.05) is 11.6 Å². The average molecular weight is 204 g/mol. The number of aromatic nitrogens is 1. The molecular formula is C8H7ClFNO2. The van der Waals surface area contributed by atoms with E-state index < -0.39 is 11.8 Å². The van der Waals surface area contributed by atoms with E-state index in [0.29, 0.717) is 0 Å². The zero-order valence-corrected chi connectivity index (χ0v) is 7.64.